The van der Waals surface area contributed by atoms with Gasteiger partial charge >= 0.3 is 0 Å². The van der Waals surface area contributed by atoms with E-state index in [9.17, 15) is 14.4 Å². The number of pyridine rings is 1. The molecule has 3 amide bonds. The summed E-state index contributed by atoms with van der Waals surface area (Å²) in [5, 5.41) is 16.6. The molecule has 2 aromatic carbocycles. The lowest BCUT2D eigenvalue weighted by atomic mass is 10.1. The smallest absolute Gasteiger partial charge is 0.259 e. The van der Waals surface area contributed by atoms with E-state index in [1.807, 2.05) is 6.92 Å². The molecule has 10 nitrogen and oxygen atoms in total. The summed E-state index contributed by atoms with van der Waals surface area (Å²) in [6.07, 6.45) is 1.96. The Hall–Kier alpha value is -4.44. The number of carbonyl (C=O) groups excluding carboxylic acids is 3. The second-order valence-electron chi connectivity index (χ2n) is 8.83. The zero-order valence-electron chi connectivity index (χ0n) is 22.2. The molecular formula is C28H31ClN6O4. The van der Waals surface area contributed by atoms with Gasteiger partial charge in [0, 0.05) is 38.5 Å². The maximum atomic E-state index is 13.4. The third-order valence-corrected chi connectivity index (χ3v) is 5.91. The lowest BCUT2D eigenvalue weighted by Crippen LogP contribution is -2.24. The molecular weight excluding hydrogens is 520 g/mol. The summed E-state index contributed by atoms with van der Waals surface area (Å²) < 4.78 is 5.93. The van der Waals surface area contributed by atoms with E-state index in [-0.39, 0.29) is 23.6 Å². The van der Waals surface area contributed by atoms with Crippen molar-refractivity contribution in [2.24, 2.45) is 0 Å². The van der Waals surface area contributed by atoms with E-state index in [4.69, 9.17) is 21.7 Å². The van der Waals surface area contributed by atoms with Crippen molar-refractivity contribution >= 4 is 52.4 Å². The number of benzene rings is 2. The van der Waals surface area contributed by atoms with Crippen molar-refractivity contribution in [2.75, 3.05) is 35.7 Å². The van der Waals surface area contributed by atoms with Crippen LogP contribution in [0.15, 0.2) is 54.7 Å². The Morgan fingerprint density at radius 3 is 2.41 bits per heavy atom. The summed E-state index contributed by atoms with van der Waals surface area (Å²) in [4.78, 5) is 43.4. The summed E-state index contributed by atoms with van der Waals surface area (Å²) in [7, 11) is 1.74. The highest BCUT2D eigenvalue weighted by Gasteiger charge is 2.19. The molecule has 1 aromatic heterocycles. The van der Waals surface area contributed by atoms with Gasteiger partial charge in [-0.25, -0.2) is 4.98 Å². The monoisotopic (exact) mass is 550 g/mol. The first kappa shape index (κ1) is 29.1. The number of hydrogen-bond donors (Lipinski definition) is 4. The van der Waals surface area contributed by atoms with Gasteiger partial charge in [-0.3, -0.25) is 19.8 Å². The molecule has 0 bridgehead atoms. The molecule has 4 N–H and O–H groups in total. The van der Waals surface area contributed by atoms with Gasteiger partial charge in [0.1, 0.15) is 11.6 Å². The van der Waals surface area contributed by atoms with E-state index < -0.39 is 11.8 Å². The van der Waals surface area contributed by atoms with Crippen LogP contribution in [0.3, 0.4) is 0 Å². The molecule has 3 rings (SSSR count). The van der Waals surface area contributed by atoms with E-state index in [1.165, 1.54) is 13.1 Å². The Kier molecular flexibility index (Phi) is 9.99. The Balaban J connectivity index is 1.85. The fraction of sp³-hybridized carbons (Fsp3) is 0.250. The van der Waals surface area contributed by atoms with Crippen LogP contribution in [0.5, 0.6) is 5.75 Å². The second kappa shape index (κ2) is 13.4. The molecule has 0 radical (unpaired) electrons. The first-order chi connectivity index (χ1) is 18.5. The largest absolute Gasteiger partial charge is 0.493 e. The van der Waals surface area contributed by atoms with Crippen LogP contribution in [0.4, 0.5) is 17.2 Å². The molecule has 0 aliphatic carbocycles. The molecule has 0 unspecified atom stereocenters. The number of aryl methyl sites for hydroxylation is 1. The maximum Gasteiger partial charge on any atom is 0.259 e. The molecule has 0 aliphatic heterocycles. The van der Waals surface area contributed by atoms with Gasteiger partial charge in [-0.15, -0.1) is 0 Å². The standard InChI is InChI=1S/C28H31ClN6O4/c1-17-6-10-24(23(14-17)28(38)34-26-11-7-20(29)16-32-26)33-27(37)22-9-8-21(35(4)18(2)30)15-25(22)39-13-5-12-31-19(3)36/h6-11,14-16,30H,5,12-13H2,1-4H3,(H,31,36)(H,33,37)(H,32,34,38). The number of nitrogens with one attached hydrogen (secondary N) is 4. The number of amidine groups is 1. The number of ether oxygens (including phenoxy) is 1. The highest BCUT2D eigenvalue weighted by molar-refractivity contribution is 6.30. The normalized spacial score (nSPS) is 10.4. The highest BCUT2D eigenvalue weighted by Crippen LogP contribution is 2.28. The fourth-order valence-corrected chi connectivity index (χ4v) is 3.63. The fourth-order valence-electron chi connectivity index (χ4n) is 3.52. The molecule has 11 heteroatoms. The number of rotatable bonds is 10. The van der Waals surface area contributed by atoms with Crippen LogP contribution < -0.4 is 25.6 Å². The second-order valence-corrected chi connectivity index (χ2v) is 9.27. The molecule has 204 valence electrons. The number of amides is 3. The van der Waals surface area contributed by atoms with Gasteiger partial charge in [0.25, 0.3) is 11.8 Å². The summed E-state index contributed by atoms with van der Waals surface area (Å²) in [6.45, 7) is 5.62. The van der Waals surface area contributed by atoms with Gasteiger partial charge in [-0.2, -0.15) is 0 Å². The number of nitrogens with zero attached hydrogens (tertiary/aromatic N) is 2. The van der Waals surface area contributed by atoms with Crippen LogP contribution in [0.25, 0.3) is 0 Å². The highest BCUT2D eigenvalue weighted by atomic mass is 35.5. The zero-order valence-corrected chi connectivity index (χ0v) is 23.0. The number of aromatic nitrogens is 1. The van der Waals surface area contributed by atoms with Gasteiger partial charge in [0.2, 0.25) is 5.91 Å². The molecule has 0 saturated heterocycles. The Labute approximate surface area is 232 Å². The van der Waals surface area contributed by atoms with Crippen LogP contribution in [-0.4, -0.2) is 48.7 Å². The van der Waals surface area contributed by atoms with Crippen LogP contribution in [0.1, 0.15) is 46.5 Å². The lowest BCUT2D eigenvalue weighted by Gasteiger charge is -2.20. The summed E-state index contributed by atoms with van der Waals surface area (Å²) >= 11 is 5.88. The predicted molar refractivity (Wildman–Crippen MR) is 153 cm³/mol. The number of carbonyl (C=O) groups is 3. The van der Waals surface area contributed by atoms with Crippen molar-refractivity contribution in [3.63, 3.8) is 0 Å². The Morgan fingerprint density at radius 2 is 1.74 bits per heavy atom. The van der Waals surface area contributed by atoms with Crippen LogP contribution in [0, 0.1) is 12.3 Å². The van der Waals surface area contributed by atoms with Gasteiger partial charge in [0.15, 0.2) is 0 Å². The lowest BCUT2D eigenvalue weighted by molar-refractivity contribution is -0.118. The minimum atomic E-state index is -0.477. The molecule has 0 fully saturated rings. The minimum Gasteiger partial charge on any atom is -0.493 e. The van der Waals surface area contributed by atoms with E-state index in [1.54, 1.807) is 67.4 Å². The van der Waals surface area contributed by atoms with Crippen LogP contribution in [0.2, 0.25) is 5.02 Å². The number of hydrogen-bond acceptors (Lipinski definition) is 6. The van der Waals surface area contributed by atoms with Crippen molar-refractivity contribution in [3.05, 3.63) is 76.4 Å². The van der Waals surface area contributed by atoms with Crippen molar-refractivity contribution in [1.29, 1.82) is 5.41 Å². The van der Waals surface area contributed by atoms with Crippen molar-refractivity contribution in [2.45, 2.75) is 27.2 Å². The van der Waals surface area contributed by atoms with Crippen molar-refractivity contribution < 1.29 is 19.1 Å². The van der Waals surface area contributed by atoms with Crippen molar-refractivity contribution in [3.8, 4) is 5.75 Å². The molecule has 0 atom stereocenters. The molecule has 39 heavy (non-hydrogen) atoms. The van der Waals surface area contributed by atoms with Gasteiger partial charge in [-0.05, 0) is 56.7 Å². The average molecular weight is 551 g/mol. The number of halogens is 1. The SMILES string of the molecule is CC(=N)N(C)c1ccc(C(=O)Nc2ccc(C)cc2C(=O)Nc2ccc(Cl)cn2)c(OCCCNC(C)=O)c1. The Bertz CT molecular complexity index is 1380. The topological polar surface area (TPSA) is 137 Å². The van der Waals surface area contributed by atoms with E-state index in [0.29, 0.717) is 46.8 Å². The molecule has 3 aromatic rings. The average Bonchev–Trinajstić information content (AvgIpc) is 2.89. The van der Waals surface area contributed by atoms with Crippen LogP contribution >= 0.6 is 11.6 Å². The minimum absolute atomic E-state index is 0.134. The van der Waals surface area contributed by atoms with Crippen LogP contribution in [-0.2, 0) is 4.79 Å². The van der Waals surface area contributed by atoms with Crippen molar-refractivity contribution in [1.82, 2.24) is 10.3 Å². The molecule has 0 aliphatic rings. The zero-order chi connectivity index (χ0) is 28.5. The quantitative estimate of drug-likeness (QED) is 0.161. The van der Waals surface area contributed by atoms with Gasteiger partial charge < -0.3 is 25.6 Å². The Morgan fingerprint density at radius 1 is 1.00 bits per heavy atom. The summed E-state index contributed by atoms with van der Waals surface area (Å²) in [5.41, 5.74) is 2.32. The molecule has 0 spiro atoms. The number of anilines is 3. The van der Waals surface area contributed by atoms with Gasteiger partial charge in [-0.1, -0.05) is 23.2 Å². The third-order valence-electron chi connectivity index (χ3n) is 5.69. The maximum absolute atomic E-state index is 13.4. The molecule has 0 saturated carbocycles. The van der Waals surface area contributed by atoms with E-state index >= 15 is 0 Å². The summed E-state index contributed by atoms with van der Waals surface area (Å²) in [6, 6.07) is 13.3. The predicted octanol–water partition coefficient (Wildman–Crippen LogP) is 4.89. The molecule has 1 heterocycles. The van der Waals surface area contributed by atoms with Gasteiger partial charge in [0.05, 0.1) is 34.3 Å². The first-order valence-corrected chi connectivity index (χ1v) is 12.6. The first-order valence-electron chi connectivity index (χ1n) is 12.2. The van der Waals surface area contributed by atoms with E-state index in [0.717, 1.165) is 5.56 Å². The van der Waals surface area contributed by atoms with E-state index in [2.05, 4.69) is 20.9 Å². The third kappa shape index (κ3) is 8.27. The summed E-state index contributed by atoms with van der Waals surface area (Å²) in [5.74, 6) is -0.116.